The average Bonchev–Trinajstić information content (AvgIpc) is 3.01. The zero-order valence-electron chi connectivity index (χ0n) is 25.2. The number of benzene rings is 2. The Kier molecular flexibility index (Phi) is 19.5. The van der Waals surface area contributed by atoms with Gasteiger partial charge in [-0.15, -0.1) is 0 Å². The second-order valence-electron chi connectivity index (χ2n) is 9.44. The summed E-state index contributed by atoms with van der Waals surface area (Å²) < 4.78 is 32.3. The number of rotatable bonds is 25. The van der Waals surface area contributed by atoms with Gasteiger partial charge in [-0.2, -0.15) is 0 Å². The van der Waals surface area contributed by atoms with Crippen LogP contribution in [0.4, 0.5) is 11.4 Å². The molecule has 2 rings (SSSR count). The molecule has 0 fully saturated rings. The van der Waals surface area contributed by atoms with Gasteiger partial charge in [-0.05, 0) is 61.4 Å². The van der Waals surface area contributed by atoms with Crippen LogP contribution in [-0.4, -0.2) is 91.1 Å². The molecule has 0 saturated heterocycles. The summed E-state index contributed by atoms with van der Waals surface area (Å²) in [7, 11) is 0. The minimum Gasteiger partial charge on any atom is -0.460 e. The lowest BCUT2D eigenvalue weighted by Crippen LogP contribution is -2.15. The van der Waals surface area contributed by atoms with Gasteiger partial charge in [-0.25, -0.2) is 9.59 Å². The van der Waals surface area contributed by atoms with Crippen LogP contribution in [0.2, 0.25) is 0 Å². The van der Waals surface area contributed by atoms with E-state index in [2.05, 4.69) is 24.5 Å². The van der Waals surface area contributed by atoms with Crippen molar-refractivity contribution in [3.8, 4) is 0 Å². The molecule has 10 nitrogen and oxygen atoms in total. The third kappa shape index (κ3) is 16.3. The van der Waals surface area contributed by atoms with Crippen molar-refractivity contribution in [2.75, 3.05) is 89.8 Å². The quantitative estimate of drug-likeness (QED) is 0.119. The molecular formula is C32H48N2O8. The molecule has 0 amide bonds. The Morgan fingerprint density at radius 3 is 1.12 bits per heavy atom. The van der Waals surface area contributed by atoms with Crippen molar-refractivity contribution in [2.45, 2.75) is 39.5 Å². The van der Waals surface area contributed by atoms with Gasteiger partial charge < -0.3 is 39.1 Å². The van der Waals surface area contributed by atoms with Crippen LogP contribution >= 0.6 is 0 Å². The second kappa shape index (κ2) is 23.4. The first-order valence-corrected chi connectivity index (χ1v) is 15.0. The molecule has 0 saturated carbocycles. The topological polar surface area (TPSA) is 114 Å². The predicted molar refractivity (Wildman–Crippen MR) is 164 cm³/mol. The van der Waals surface area contributed by atoms with Gasteiger partial charge in [0.15, 0.2) is 0 Å². The smallest absolute Gasteiger partial charge is 0.338 e. The van der Waals surface area contributed by atoms with Gasteiger partial charge in [-0.1, -0.05) is 26.7 Å². The monoisotopic (exact) mass is 588 g/mol. The van der Waals surface area contributed by atoms with E-state index in [0.29, 0.717) is 64.0 Å². The second-order valence-corrected chi connectivity index (χ2v) is 9.44. The maximum absolute atomic E-state index is 12.1. The van der Waals surface area contributed by atoms with Crippen LogP contribution in [0.3, 0.4) is 0 Å². The fraction of sp³-hybridized carbons (Fsp3) is 0.562. The molecule has 2 N–H and O–H groups in total. The van der Waals surface area contributed by atoms with Gasteiger partial charge in [0.2, 0.25) is 0 Å². The van der Waals surface area contributed by atoms with E-state index in [1.807, 2.05) is 24.3 Å². The highest BCUT2D eigenvalue weighted by Crippen LogP contribution is 2.12. The number of hydrogen-bond acceptors (Lipinski definition) is 10. The largest absolute Gasteiger partial charge is 0.460 e. The van der Waals surface area contributed by atoms with E-state index in [4.69, 9.17) is 28.4 Å². The zero-order valence-corrected chi connectivity index (χ0v) is 25.2. The standard InChI is InChI=1S/C32H48N2O8/c1-3-5-15-33-29-11-7-27(8-12-29)31(35)41-25-23-39-21-19-37-17-18-38-20-22-40-24-26-42-32(36)28-9-13-30(14-10-28)34-16-6-4-2/h7-14,33-34H,3-6,15-26H2,1-2H3. The molecule has 0 aliphatic carbocycles. The fourth-order valence-corrected chi connectivity index (χ4v) is 3.58. The maximum Gasteiger partial charge on any atom is 0.338 e. The molecule has 0 unspecified atom stereocenters. The van der Waals surface area contributed by atoms with Crippen LogP contribution in [0.15, 0.2) is 48.5 Å². The molecule has 2 aromatic carbocycles. The van der Waals surface area contributed by atoms with Crippen molar-refractivity contribution in [2.24, 2.45) is 0 Å². The highest BCUT2D eigenvalue weighted by Gasteiger charge is 2.08. The Balaban J connectivity index is 1.34. The number of esters is 2. The molecule has 0 spiro atoms. The lowest BCUT2D eigenvalue weighted by atomic mass is 10.2. The Labute approximate surface area is 250 Å². The van der Waals surface area contributed by atoms with Crippen LogP contribution in [0.1, 0.15) is 60.2 Å². The normalized spacial score (nSPS) is 10.8. The number of unbranched alkanes of at least 4 members (excludes halogenated alkanes) is 2. The fourth-order valence-electron chi connectivity index (χ4n) is 3.58. The number of carbonyl (C=O) groups is 2. The lowest BCUT2D eigenvalue weighted by molar-refractivity contribution is -0.0136. The molecule has 0 aromatic heterocycles. The van der Waals surface area contributed by atoms with Gasteiger partial charge >= 0.3 is 11.9 Å². The zero-order chi connectivity index (χ0) is 30.1. The molecule has 0 radical (unpaired) electrons. The number of nitrogens with one attached hydrogen (secondary N) is 2. The Morgan fingerprint density at radius 1 is 0.500 bits per heavy atom. The predicted octanol–water partition coefficient (Wildman–Crippen LogP) is 5.19. The van der Waals surface area contributed by atoms with Gasteiger partial charge in [-0.3, -0.25) is 0 Å². The van der Waals surface area contributed by atoms with Crippen molar-refractivity contribution < 1.29 is 38.0 Å². The first-order valence-electron chi connectivity index (χ1n) is 15.0. The molecule has 42 heavy (non-hydrogen) atoms. The van der Waals surface area contributed by atoms with Gasteiger partial charge in [0, 0.05) is 24.5 Å². The number of anilines is 2. The van der Waals surface area contributed by atoms with Crippen LogP contribution < -0.4 is 10.6 Å². The summed E-state index contributed by atoms with van der Waals surface area (Å²) in [6, 6.07) is 14.5. The summed E-state index contributed by atoms with van der Waals surface area (Å²) in [5.41, 5.74) is 3.01. The number of ether oxygens (including phenoxy) is 6. The Morgan fingerprint density at radius 2 is 0.810 bits per heavy atom. The van der Waals surface area contributed by atoms with E-state index in [1.165, 1.54) is 0 Å². The number of hydrogen-bond donors (Lipinski definition) is 2. The minimum absolute atomic E-state index is 0.182. The summed E-state index contributed by atoms with van der Waals surface area (Å²) in [5, 5.41) is 6.62. The van der Waals surface area contributed by atoms with Crippen molar-refractivity contribution in [1.82, 2.24) is 0 Å². The lowest BCUT2D eigenvalue weighted by Gasteiger charge is -2.09. The van der Waals surface area contributed by atoms with Crippen LogP contribution in [0.5, 0.6) is 0 Å². The van der Waals surface area contributed by atoms with Gasteiger partial charge in [0.05, 0.1) is 64.0 Å². The molecule has 2 aromatic rings. The molecule has 0 atom stereocenters. The first kappa shape index (κ1) is 35.0. The van der Waals surface area contributed by atoms with E-state index in [-0.39, 0.29) is 25.2 Å². The Hall–Kier alpha value is -3.18. The highest BCUT2D eigenvalue weighted by atomic mass is 16.6. The van der Waals surface area contributed by atoms with E-state index < -0.39 is 0 Å². The molecule has 234 valence electrons. The van der Waals surface area contributed by atoms with Gasteiger partial charge in [0.1, 0.15) is 13.2 Å². The van der Waals surface area contributed by atoms with E-state index in [9.17, 15) is 9.59 Å². The van der Waals surface area contributed by atoms with E-state index >= 15 is 0 Å². The summed E-state index contributed by atoms with van der Waals surface area (Å²) >= 11 is 0. The van der Waals surface area contributed by atoms with Crippen LogP contribution in [0, 0.1) is 0 Å². The highest BCUT2D eigenvalue weighted by molar-refractivity contribution is 5.90. The first-order chi connectivity index (χ1) is 20.6. The average molecular weight is 589 g/mol. The van der Waals surface area contributed by atoms with Gasteiger partial charge in [0.25, 0.3) is 0 Å². The third-order valence-electron chi connectivity index (χ3n) is 6.00. The van der Waals surface area contributed by atoms with E-state index in [0.717, 1.165) is 50.1 Å². The minimum atomic E-state index is -0.367. The van der Waals surface area contributed by atoms with Crippen molar-refractivity contribution in [1.29, 1.82) is 0 Å². The number of carbonyl (C=O) groups excluding carboxylic acids is 2. The van der Waals surface area contributed by atoms with Crippen LogP contribution in [0.25, 0.3) is 0 Å². The van der Waals surface area contributed by atoms with E-state index in [1.54, 1.807) is 24.3 Å². The van der Waals surface area contributed by atoms with Crippen LogP contribution in [-0.2, 0) is 28.4 Å². The molecule has 0 aliphatic heterocycles. The Bertz CT molecular complexity index is 890. The van der Waals surface area contributed by atoms with Crippen molar-refractivity contribution >= 4 is 23.3 Å². The van der Waals surface area contributed by atoms with Crippen molar-refractivity contribution in [3.63, 3.8) is 0 Å². The summed E-state index contributed by atoms with van der Waals surface area (Å²) in [6.45, 7) is 9.61. The summed E-state index contributed by atoms with van der Waals surface area (Å²) in [4.78, 5) is 24.2. The maximum atomic E-state index is 12.1. The molecular weight excluding hydrogens is 540 g/mol. The molecule has 0 heterocycles. The third-order valence-corrected chi connectivity index (χ3v) is 6.00. The molecule has 10 heteroatoms. The van der Waals surface area contributed by atoms with Crippen molar-refractivity contribution in [3.05, 3.63) is 59.7 Å². The molecule has 0 bridgehead atoms. The summed E-state index contributed by atoms with van der Waals surface area (Å²) in [5.74, 6) is -0.734. The SMILES string of the molecule is CCCCNc1ccc(C(=O)OCCOCCOCCOCCOCCOC(=O)c2ccc(NCCCC)cc2)cc1. The molecule has 0 aliphatic rings. The summed E-state index contributed by atoms with van der Waals surface area (Å²) in [6.07, 6.45) is 4.48.